The highest BCUT2D eigenvalue weighted by atomic mass is 16.5. The highest BCUT2D eigenvalue weighted by Crippen LogP contribution is 2.57. The fourth-order valence-electron chi connectivity index (χ4n) is 2.36. The quantitative estimate of drug-likeness (QED) is 0.848. The predicted molar refractivity (Wildman–Crippen MR) is 64.6 cm³/mol. The van der Waals surface area contributed by atoms with Gasteiger partial charge in [-0.25, -0.2) is 0 Å². The maximum Gasteiger partial charge on any atom is 0.121 e. The molecule has 1 fully saturated rings. The molecule has 1 aliphatic carbocycles. The molecule has 16 heavy (non-hydrogen) atoms. The van der Waals surface area contributed by atoms with Gasteiger partial charge in [0.15, 0.2) is 0 Å². The summed E-state index contributed by atoms with van der Waals surface area (Å²) in [4.78, 5) is 0. The monoisotopic (exact) mass is 220 g/mol. The third-order valence-corrected chi connectivity index (χ3v) is 3.73. The Morgan fingerprint density at radius 3 is 2.50 bits per heavy atom. The van der Waals surface area contributed by atoms with Gasteiger partial charge in [-0.2, -0.15) is 0 Å². The summed E-state index contributed by atoms with van der Waals surface area (Å²) < 4.78 is 5.22. The number of ether oxygens (including phenoxy) is 1. The Labute approximate surface area is 97.3 Å². The molecule has 0 spiro atoms. The van der Waals surface area contributed by atoms with Gasteiger partial charge in [-0.05, 0) is 47.9 Å². The molecule has 0 aliphatic heterocycles. The molecule has 2 nitrogen and oxygen atoms in total. The van der Waals surface area contributed by atoms with E-state index in [0.29, 0.717) is 11.3 Å². The summed E-state index contributed by atoms with van der Waals surface area (Å²) in [5, 5.41) is 10.2. The summed E-state index contributed by atoms with van der Waals surface area (Å²) in [6.45, 7) is 6.42. The summed E-state index contributed by atoms with van der Waals surface area (Å²) in [5.41, 5.74) is 2.39. The van der Waals surface area contributed by atoms with Gasteiger partial charge < -0.3 is 9.84 Å². The molecule has 1 N–H and O–H groups in total. The minimum atomic E-state index is -0.334. The van der Waals surface area contributed by atoms with Crippen molar-refractivity contribution in [3.63, 3.8) is 0 Å². The van der Waals surface area contributed by atoms with E-state index in [2.05, 4.69) is 13.8 Å². The molecule has 0 radical (unpaired) electrons. The van der Waals surface area contributed by atoms with Crippen molar-refractivity contribution in [1.29, 1.82) is 0 Å². The van der Waals surface area contributed by atoms with Crippen LogP contribution < -0.4 is 4.74 Å². The second-order valence-electron chi connectivity index (χ2n) is 5.47. The van der Waals surface area contributed by atoms with Crippen LogP contribution in [-0.2, 0) is 0 Å². The minimum absolute atomic E-state index is 0.299. The van der Waals surface area contributed by atoms with E-state index in [4.69, 9.17) is 4.74 Å². The van der Waals surface area contributed by atoms with Gasteiger partial charge in [0.1, 0.15) is 5.75 Å². The predicted octanol–water partition coefficient (Wildman–Crippen LogP) is 3.08. The fraction of sp³-hybridized carbons (Fsp3) is 0.571. The lowest BCUT2D eigenvalue weighted by Crippen LogP contribution is -2.05. The van der Waals surface area contributed by atoms with E-state index < -0.39 is 0 Å². The molecule has 2 rings (SSSR count). The van der Waals surface area contributed by atoms with Gasteiger partial charge in [0, 0.05) is 0 Å². The lowest BCUT2D eigenvalue weighted by atomic mass is 9.98. The third kappa shape index (κ3) is 1.94. The van der Waals surface area contributed by atoms with Crippen molar-refractivity contribution in [2.75, 3.05) is 7.11 Å². The normalized spacial score (nSPS) is 23.9. The van der Waals surface area contributed by atoms with Crippen LogP contribution in [0, 0.1) is 18.3 Å². The van der Waals surface area contributed by atoms with Crippen LogP contribution in [-0.4, -0.2) is 12.2 Å². The molecular formula is C14H20O2. The first kappa shape index (κ1) is 11.5. The molecule has 1 saturated carbocycles. The molecule has 0 bridgehead atoms. The van der Waals surface area contributed by atoms with Gasteiger partial charge in [-0.15, -0.1) is 0 Å². The number of hydrogen-bond donors (Lipinski definition) is 1. The highest BCUT2D eigenvalue weighted by Gasteiger charge is 2.50. The Balaban J connectivity index is 2.19. The lowest BCUT2D eigenvalue weighted by Gasteiger charge is -2.14. The van der Waals surface area contributed by atoms with Crippen molar-refractivity contribution in [2.24, 2.45) is 11.3 Å². The van der Waals surface area contributed by atoms with Crippen molar-refractivity contribution in [3.05, 3.63) is 29.3 Å². The van der Waals surface area contributed by atoms with Crippen LogP contribution in [0.25, 0.3) is 0 Å². The summed E-state index contributed by atoms with van der Waals surface area (Å²) in [7, 11) is 1.67. The maximum atomic E-state index is 10.2. The molecule has 88 valence electrons. The molecule has 1 aliphatic rings. The van der Waals surface area contributed by atoms with E-state index in [1.807, 2.05) is 25.1 Å². The zero-order valence-corrected chi connectivity index (χ0v) is 10.4. The largest absolute Gasteiger partial charge is 0.496 e. The first-order valence-electron chi connectivity index (χ1n) is 5.78. The van der Waals surface area contributed by atoms with Crippen LogP contribution in [0.3, 0.4) is 0 Å². The van der Waals surface area contributed by atoms with E-state index in [-0.39, 0.29) is 6.10 Å². The number of hydrogen-bond acceptors (Lipinski definition) is 2. The van der Waals surface area contributed by atoms with Crippen molar-refractivity contribution >= 4 is 0 Å². The molecule has 2 unspecified atom stereocenters. The van der Waals surface area contributed by atoms with Crippen LogP contribution in [0.2, 0.25) is 0 Å². The number of aryl methyl sites for hydroxylation is 1. The fourth-order valence-corrected chi connectivity index (χ4v) is 2.36. The van der Waals surface area contributed by atoms with E-state index in [9.17, 15) is 5.11 Å². The molecule has 2 atom stereocenters. The Morgan fingerprint density at radius 2 is 2.06 bits per heavy atom. The Kier molecular flexibility index (Phi) is 2.70. The lowest BCUT2D eigenvalue weighted by molar-refractivity contribution is 0.138. The average molecular weight is 220 g/mol. The van der Waals surface area contributed by atoms with Crippen molar-refractivity contribution in [2.45, 2.75) is 33.3 Å². The van der Waals surface area contributed by atoms with Crippen LogP contribution in [0.15, 0.2) is 18.2 Å². The Bertz CT molecular complexity index is 396. The summed E-state index contributed by atoms with van der Waals surface area (Å²) >= 11 is 0. The molecule has 1 aromatic carbocycles. The van der Waals surface area contributed by atoms with Gasteiger partial charge in [-0.1, -0.05) is 19.9 Å². The maximum absolute atomic E-state index is 10.2. The van der Waals surface area contributed by atoms with E-state index in [1.54, 1.807) is 7.11 Å². The minimum Gasteiger partial charge on any atom is -0.496 e. The molecule has 0 heterocycles. The molecule has 0 aromatic heterocycles. The van der Waals surface area contributed by atoms with E-state index >= 15 is 0 Å². The van der Waals surface area contributed by atoms with Crippen molar-refractivity contribution < 1.29 is 9.84 Å². The topological polar surface area (TPSA) is 29.5 Å². The van der Waals surface area contributed by atoms with Gasteiger partial charge in [0.25, 0.3) is 0 Å². The standard InChI is InChI=1S/C14H20O2/c1-9-7-10(5-6-12(9)16-4)13(15)11-8-14(11,2)3/h5-7,11,13,15H,8H2,1-4H3. The number of aliphatic hydroxyl groups is 1. The summed E-state index contributed by atoms with van der Waals surface area (Å²) in [6.07, 6.45) is 0.777. The SMILES string of the molecule is COc1ccc(C(O)C2CC2(C)C)cc1C. The molecule has 1 aromatic rings. The Hall–Kier alpha value is -1.02. The first-order valence-corrected chi connectivity index (χ1v) is 5.78. The van der Waals surface area contributed by atoms with Crippen LogP contribution >= 0.6 is 0 Å². The Morgan fingerprint density at radius 1 is 1.44 bits per heavy atom. The third-order valence-electron chi connectivity index (χ3n) is 3.73. The van der Waals surface area contributed by atoms with Gasteiger partial charge >= 0.3 is 0 Å². The van der Waals surface area contributed by atoms with Gasteiger partial charge in [-0.3, -0.25) is 0 Å². The number of aliphatic hydroxyl groups excluding tert-OH is 1. The molecule has 0 amide bonds. The average Bonchev–Trinajstić information content (AvgIpc) is 2.86. The number of methoxy groups -OCH3 is 1. The summed E-state index contributed by atoms with van der Waals surface area (Å²) in [5.74, 6) is 1.28. The van der Waals surface area contributed by atoms with Crippen molar-refractivity contribution in [3.8, 4) is 5.75 Å². The van der Waals surface area contributed by atoms with Crippen LogP contribution in [0.1, 0.15) is 37.5 Å². The number of rotatable bonds is 3. The van der Waals surface area contributed by atoms with Crippen LogP contribution in [0.5, 0.6) is 5.75 Å². The van der Waals surface area contributed by atoms with E-state index in [1.165, 1.54) is 0 Å². The zero-order chi connectivity index (χ0) is 11.9. The van der Waals surface area contributed by atoms with Crippen LogP contribution in [0.4, 0.5) is 0 Å². The highest BCUT2D eigenvalue weighted by molar-refractivity contribution is 5.37. The smallest absolute Gasteiger partial charge is 0.121 e. The zero-order valence-electron chi connectivity index (χ0n) is 10.4. The van der Waals surface area contributed by atoms with Gasteiger partial charge in [0.2, 0.25) is 0 Å². The second-order valence-corrected chi connectivity index (χ2v) is 5.47. The molecule has 2 heteroatoms. The first-order chi connectivity index (χ1) is 7.45. The second kappa shape index (κ2) is 3.77. The van der Waals surface area contributed by atoms with Crippen molar-refractivity contribution in [1.82, 2.24) is 0 Å². The van der Waals surface area contributed by atoms with E-state index in [0.717, 1.165) is 23.3 Å². The molecular weight excluding hydrogens is 200 g/mol. The summed E-state index contributed by atoms with van der Waals surface area (Å²) in [6, 6.07) is 5.92. The van der Waals surface area contributed by atoms with Gasteiger partial charge in [0.05, 0.1) is 13.2 Å². The molecule has 0 saturated heterocycles. The number of benzene rings is 1.